The van der Waals surface area contributed by atoms with E-state index in [1.54, 1.807) is 35.4 Å². The summed E-state index contributed by atoms with van der Waals surface area (Å²) in [5.41, 5.74) is 4.53. The number of pyridine rings is 2. The molecule has 4 aromatic heterocycles. The van der Waals surface area contributed by atoms with E-state index in [0.29, 0.717) is 61.4 Å². The maximum absolute atomic E-state index is 15.4. The molecule has 1 aliphatic heterocycles. The zero-order chi connectivity index (χ0) is 32.2. The first kappa shape index (κ1) is 30.0. The van der Waals surface area contributed by atoms with Gasteiger partial charge in [-0.05, 0) is 53.1 Å². The topological polar surface area (TPSA) is 133 Å². The van der Waals surface area contributed by atoms with Crippen molar-refractivity contribution in [2.75, 3.05) is 19.3 Å². The highest BCUT2D eigenvalue weighted by atomic mass is 32.2. The number of nitrogens with one attached hydrogen (secondary N) is 3. The van der Waals surface area contributed by atoms with Crippen LogP contribution >= 0.6 is 0 Å². The molecule has 0 atom stereocenters. The molecule has 236 valence electrons. The van der Waals surface area contributed by atoms with E-state index < -0.39 is 27.6 Å². The number of imidazole rings is 1. The molecule has 46 heavy (non-hydrogen) atoms. The molecule has 10 nitrogen and oxygen atoms in total. The van der Waals surface area contributed by atoms with Gasteiger partial charge in [0.25, 0.3) is 5.92 Å². The Balaban J connectivity index is 1.24. The number of likely N-dealkylation sites (tertiary alicyclic amines) is 1. The van der Waals surface area contributed by atoms with E-state index in [2.05, 4.69) is 34.9 Å². The molecule has 5 heterocycles. The van der Waals surface area contributed by atoms with Gasteiger partial charge in [0, 0.05) is 72.8 Å². The number of aromatic amines is 2. The van der Waals surface area contributed by atoms with E-state index in [4.69, 9.17) is 0 Å². The second kappa shape index (κ2) is 11.3. The first-order valence-electron chi connectivity index (χ1n) is 14.2. The lowest BCUT2D eigenvalue weighted by molar-refractivity contribution is 0.0115. The van der Waals surface area contributed by atoms with E-state index in [0.717, 1.165) is 6.26 Å². The molecule has 0 unspecified atom stereocenters. The largest absolute Gasteiger partial charge is 0.335 e. The number of fused-ring (bicyclic) bond motifs is 2. The predicted octanol–water partition coefficient (Wildman–Crippen LogP) is 5.40. The highest BCUT2D eigenvalue weighted by Gasteiger charge is 2.38. The van der Waals surface area contributed by atoms with Crippen molar-refractivity contribution in [3.63, 3.8) is 0 Å². The fraction of sp³-hybridized carbons (Fsp3) is 0.226. The van der Waals surface area contributed by atoms with Crippen molar-refractivity contribution in [1.29, 1.82) is 0 Å². The minimum atomic E-state index is -3.48. The Labute approximate surface area is 260 Å². The van der Waals surface area contributed by atoms with Crippen LogP contribution < -0.4 is 4.72 Å². The van der Waals surface area contributed by atoms with Crippen LogP contribution in [0, 0.1) is 11.6 Å². The van der Waals surface area contributed by atoms with E-state index >= 15 is 4.39 Å². The fourth-order valence-electron chi connectivity index (χ4n) is 5.75. The van der Waals surface area contributed by atoms with Crippen LogP contribution in [-0.4, -0.2) is 68.7 Å². The van der Waals surface area contributed by atoms with Crippen molar-refractivity contribution in [2.45, 2.75) is 25.4 Å². The molecule has 2 aromatic carbocycles. The van der Waals surface area contributed by atoms with Crippen LogP contribution in [0.25, 0.3) is 55.8 Å². The summed E-state index contributed by atoms with van der Waals surface area (Å²) in [6, 6.07) is 10.6. The van der Waals surface area contributed by atoms with Gasteiger partial charge in [-0.15, -0.1) is 0 Å². The Morgan fingerprint density at radius 1 is 1.02 bits per heavy atom. The van der Waals surface area contributed by atoms with Gasteiger partial charge in [-0.1, -0.05) is 0 Å². The number of hydrogen-bond donors (Lipinski definition) is 3. The van der Waals surface area contributed by atoms with Gasteiger partial charge in [-0.2, -0.15) is 5.10 Å². The minimum absolute atomic E-state index is 0.0865. The molecule has 1 saturated heterocycles. The number of benzene rings is 2. The lowest BCUT2D eigenvalue weighted by atomic mass is 10.0. The third-order valence-corrected chi connectivity index (χ3v) is 8.50. The van der Waals surface area contributed by atoms with E-state index in [1.807, 2.05) is 0 Å². The molecule has 3 N–H and O–H groups in total. The molecule has 7 rings (SSSR count). The highest BCUT2D eigenvalue weighted by molar-refractivity contribution is 7.88. The molecule has 0 aliphatic carbocycles. The number of nitrogens with zero attached hydrogens (tertiary/aromatic N) is 5. The number of halogens is 4. The van der Waals surface area contributed by atoms with Gasteiger partial charge in [0.05, 0.1) is 23.8 Å². The number of aromatic nitrogens is 6. The third-order valence-electron chi connectivity index (χ3n) is 7.83. The second-order valence-corrected chi connectivity index (χ2v) is 13.3. The van der Waals surface area contributed by atoms with Gasteiger partial charge >= 0.3 is 0 Å². The Morgan fingerprint density at radius 3 is 2.63 bits per heavy atom. The predicted molar refractivity (Wildman–Crippen MR) is 164 cm³/mol. The summed E-state index contributed by atoms with van der Waals surface area (Å²) in [6.45, 7) is 0.124. The average Bonchev–Trinajstić information content (AvgIpc) is 3.70. The number of hydrogen-bond acceptors (Lipinski definition) is 7. The summed E-state index contributed by atoms with van der Waals surface area (Å²) < 4.78 is 82.9. The normalized spacial score (nSPS) is 15.3. The van der Waals surface area contributed by atoms with Crippen molar-refractivity contribution >= 4 is 32.1 Å². The van der Waals surface area contributed by atoms with Crippen molar-refractivity contribution in [2.24, 2.45) is 0 Å². The van der Waals surface area contributed by atoms with E-state index in [9.17, 15) is 21.6 Å². The van der Waals surface area contributed by atoms with Crippen LogP contribution in [0.3, 0.4) is 0 Å². The molecule has 0 saturated carbocycles. The monoisotopic (exact) mass is 650 g/mol. The lowest BCUT2D eigenvalue weighted by Gasteiger charge is -2.16. The first-order valence-corrected chi connectivity index (χ1v) is 16.1. The van der Waals surface area contributed by atoms with Crippen LogP contribution in [-0.2, 0) is 23.1 Å². The highest BCUT2D eigenvalue weighted by Crippen LogP contribution is 2.35. The molecule has 0 radical (unpaired) electrons. The zero-order valence-corrected chi connectivity index (χ0v) is 25.1. The number of H-pyrrole nitrogens is 2. The van der Waals surface area contributed by atoms with Gasteiger partial charge < -0.3 is 4.98 Å². The van der Waals surface area contributed by atoms with Gasteiger partial charge in [0.15, 0.2) is 11.5 Å². The quantitative estimate of drug-likeness (QED) is 0.188. The summed E-state index contributed by atoms with van der Waals surface area (Å²) in [6.07, 6.45) is 5.46. The van der Waals surface area contributed by atoms with Crippen LogP contribution in [0.4, 0.5) is 17.6 Å². The molecule has 1 fully saturated rings. The number of alkyl halides is 2. The first-order chi connectivity index (χ1) is 21.9. The summed E-state index contributed by atoms with van der Waals surface area (Å²) in [5, 5.41) is 7.78. The summed E-state index contributed by atoms with van der Waals surface area (Å²) in [4.78, 5) is 18.1. The maximum atomic E-state index is 15.4. The van der Waals surface area contributed by atoms with Crippen LogP contribution in [0.5, 0.6) is 0 Å². The van der Waals surface area contributed by atoms with Crippen molar-refractivity contribution in [3.8, 4) is 33.8 Å². The van der Waals surface area contributed by atoms with Gasteiger partial charge in [0.1, 0.15) is 17.3 Å². The summed E-state index contributed by atoms with van der Waals surface area (Å²) >= 11 is 0. The second-order valence-electron chi connectivity index (χ2n) is 11.4. The van der Waals surface area contributed by atoms with Gasteiger partial charge in [-0.3, -0.25) is 15.0 Å². The minimum Gasteiger partial charge on any atom is -0.335 e. The van der Waals surface area contributed by atoms with Crippen molar-refractivity contribution in [1.82, 2.24) is 39.8 Å². The van der Waals surface area contributed by atoms with E-state index in [1.165, 1.54) is 30.6 Å². The van der Waals surface area contributed by atoms with Crippen molar-refractivity contribution < 1.29 is 26.0 Å². The third kappa shape index (κ3) is 6.08. The standard InChI is InChI=1S/C31H26F4N8O2S/c1-46(44,45)38-13-17-6-19(9-21(32)8-17)22-2-4-37-29-27(22)39-30(40-29)28-24-10-23(25(33)11-26(24)41-42-28)20-7-18(12-36-14-20)15-43-5-3-31(34,35)16-43/h2,4,6-12,14,38H,3,5,13,15-16H2,1H3,(H,41,42)(H,37,39,40). The molecule has 1 aliphatic rings. The molecule has 6 aromatic rings. The fourth-order valence-corrected chi connectivity index (χ4v) is 6.18. The Bertz CT molecular complexity index is 2240. The van der Waals surface area contributed by atoms with Gasteiger partial charge in [0.2, 0.25) is 10.0 Å². The van der Waals surface area contributed by atoms with Gasteiger partial charge in [-0.25, -0.2) is 40.7 Å². The molecular weight excluding hydrogens is 624 g/mol. The molecule has 15 heteroatoms. The summed E-state index contributed by atoms with van der Waals surface area (Å²) in [7, 11) is -3.48. The lowest BCUT2D eigenvalue weighted by Crippen LogP contribution is -2.24. The Hall–Kier alpha value is -4.73. The number of sulfonamides is 1. The smallest absolute Gasteiger partial charge is 0.261 e. The SMILES string of the molecule is CS(=O)(=O)NCc1cc(F)cc(-c2ccnc3nc(-c4n[nH]c5cc(F)c(-c6cncc(CN7CCC(F)(F)C7)c6)cc45)[nH]c23)c1. The Morgan fingerprint density at radius 2 is 1.85 bits per heavy atom. The average molecular weight is 651 g/mol. The molecule has 0 spiro atoms. The molecule has 0 bridgehead atoms. The van der Waals surface area contributed by atoms with Crippen LogP contribution in [0.2, 0.25) is 0 Å². The maximum Gasteiger partial charge on any atom is 0.261 e. The molecule has 0 amide bonds. The summed E-state index contributed by atoms with van der Waals surface area (Å²) in [5.74, 6) is -3.45. The molecular formula is C31H26F4N8O2S. The van der Waals surface area contributed by atoms with Crippen LogP contribution in [0.1, 0.15) is 17.5 Å². The van der Waals surface area contributed by atoms with E-state index in [-0.39, 0.29) is 38.2 Å². The Kier molecular flexibility index (Phi) is 7.33. The zero-order valence-electron chi connectivity index (χ0n) is 24.3. The van der Waals surface area contributed by atoms with Crippen molar-refractivity contribution in [3.05, 3.63) is 83.8 Å². The van der Waals surface area contributed by atoms with Crippen LogP contribution in [0.15, 0.2) is 61.1 Å². The number of rotatable bonds is 8.